The topological polar surface area (TPSA) is 119 Å². The zero-order valence-electron chi connectivity index (χ0n) is 12.5. The van der Waals surface area contributed by atoms with E-state index in [1.54, 1.807) is 6.92 Å². The van der Waals surface area contributed by atoms with Crippen LogP contribution >= 0.6 is 0 Å². The van der Waals surface area contributed by atoms with Crippen LogP contribution in [0.4, 0.5) is 16.2 Å². The SMILES string of the molecule is CCOC(=O)Nc1ccc(NS(=O)(=O)C2CCS(=O)(=O)C2)cc1. The molecule has 8 nitrogen and oxygen atoms in total. The van der Waals surface area contributed by atoms with E-state index in [9.17, 15) is 21.6 Å². The molecular formula is C13H18N2O6S2. The molecule has 1 heterocycles. The molecule has 1 aromatic rings. The Morgan fingerprint density at radius 1 is 1.26 bits per heavy atom. The molecule has 0 aliphatic carbocycles. The first-order chi connectivity index (χ1) is 10.7. The number of benzene rings is 1. The standard InChI is InChI=1S/C13H18N2O6S2/c1-2-21-13(16)14-10-3-5-11(6-4-10)15-23(19,20)12-7-8-22(17,18)9-12/h3-6,12,15H,2,7-9H2,1H3,(H,14,16). The van der Waals surface area contributed by atoms with Crippen molar-refractivity contribution in [3.8, 4) is 0 Å². The van der Waals surface area contributed by atoms with E-state index >= 15 is 0 Å². The first-order valence-corrected chi connectivity index (χ1v) is 10.3. The van der Waals surface area contributed by atoms with Gasteiger partial charge in [0, 0.05) is 11.4 Å². The number of ether oxygens (including phenoxy) is 1. The maximum Gasteiger partial charge on any atom is 0.411 e. The number of sulfonamides is 1. The highest BCUT2D eigenvalue weighted by atomic mass is 32.2. The Balaban J connectivity index is 2.02. The zero-order chi connectivity index (χ0) is 17.1. The van der Waals surface area contributed by atoms with Crippen LogP contribution in [0.25, 0.3) is 0 Å². The summed E-state index contributed by atoms with van der Waals surface area (Å²) in [6.07, 6.45) is -0.503. The van der Waals surface area contributed by atoms with Gasteiger partial charge in [0.05, 0.1) is 23.4 Å². The molecule has 0 bridgehead atoms. The molecule has 1 saturated heterocycles. The fourth-order valence-corrected chi connectivity index (χ4v) is 6.25. The van der Waals surface area contributed by atoms with Gasteiger partial charge >= 0.3 is 6.09 Å². The van der Waals surface area contributed by atoms with Gasteiger partial charge in [-0.05, 0) is 37.6 Å². The van der Waals surface area contributed by atoms with Crippen molar-refractivity contribution in [2.24, 2.45) is 0 Å². The van der Waals surface area contributed by atoms with Gasteiger partial charge in [0.25, 0.3) is 0 Å². The molecular weight excluding hydrogens is 344 g/mol. The van der Waals surface area contributed by atoms with Crippen LogP contribution in [0.15, 0.2) is 24.3 Å². The predicted molar refractivity (Wildman–Crippen MR) is 86.7 cm³/mol. The fraction of sp³-hybridized carbons (Fsp3) is 0.462. The minimum atomic E-state index is -3.77. The lowest BCUT2D eigenvalue weighted by Crippen LogP contribution is -2.28. The smallest absolute Gasteiger partial charge is 0.411 e. The van der Waals surface area contributed by atoms with E-state index in [4.69, 9.17) is 4.74 Å². The Morgan fingerprint density at radius 2 is 1.87 bits per heavy atom. The number of carbonyl (C=O) groups excluding carboxylic acids is 1. The molecule has 2 N–H and O–H groups in total. The van der Waals surface area contributed by atoms with E-state index in [1.165, 1.54) is 24.3 Å². The molecule has 0 saturated carbocycles. The normalized spacial score (nSPS) is 20.0. The third-order valence-electron chi connectivity index (χ3n) is 3.30. The number of rotatable bonds is 5. The number of nitrogens with one attached hydrogen (secondary N) is 2. The van der Waals surface area contributed by atoms with Gasteiger partial charge in [-0.15, -0.1) is 0 Å². The van der Waals surface area contributed by atoms with E-state index in [0.29, 0.717) is 11.4 Å². The summed E-state index contributed by atoms with van der Waals surface area (Å²) in [6.45, 7) is 1.93. The second-order valence-corrected chi connectivity index (χ2v) is 9.28. The number of carbonyl (C=O) groups is 1. The quantitative estimate of drug-likeness (QED) is 0.812. The van der Waals surface area contributed by atoms with Crippen LogP contribution < -0.4 is 10.0 Å². The third-order valence-corrected chi connectivity index (χ3v) is 7.08. The highest BCUT2D eigenvalue weighted by Gasteiger charge is 2.37. The van der Waals surface area contributed by atoms with Crippen molar-refractivity contribution < 1.29 is 26.4 Å². The Labute approximate surface area is 135 Å². The molecule has 1 unspecified atom stereocenters. The van der Waals surface area contributed by atoms with E-state index in [1.807, 2.05) is 0 Å². The van der Waals surface area contributed by atoms with Crippen molar-refractivity contribution in [1.29, 1.82) is 0 Å². The van der Waals surface area contributed by atoms with Crippen molar-refractivity contribution in [1.82, 2.24) is 0 Å². The first kappa shape index (κ1) is 17.5. The molecule has 1 aromatic carbocycles. The molecule has 1 amide bonds. The van der Waals surface area contributed by atoms with Gasteiger partial charge in [-0.3, -0.25) is 10.0 Å². The first-order valence-electron chi connectivity index (χ1n) is 6.98. The monoisotopic (exact) mass is 362 g/mol. The predicted octanol–water partition coefficient (Wildman–Crippen LogP) is 1.18. The molecule has 1 fully saturated rings. The number of sulfone groups is 1. The summed E-state index contributed by atoms with van der Waals surface area (Å²) < 4.78 is 54.2. The van der Waals surface area contributed by atoms with Gasteiger partial charge < -0.3 is 4.74 Å². The summed E-state index contributed by atoms with van der Waals surface area (Å²) >= 11 is 0. The average molecular weight is 362 g/mol. The van der Waals surface area contributed by atoms with Crippen molar-refractivity contribution in [3.63, 3.8) is 0 Å². The van der Waals surface area contributed by atoms with E-state index in [-0.39, 0.29) is 24.5 Å². The molecule has 1 atom stereocenters. The van der Waals surface area contributed by atoms with Crippen LogP contribution in [0.1, 0.15) is 13.3 Å². The number of hydrogen-bond acceptors (Lipinski definition) is 6. The molecule has 10 heteroatoms. The summed E-state index contributed by atoms with van der Waals surface area (Å²) in [6, 6.07) is 5.98. The maximum absolute atomic E-state index is 12.2. The Bertz CT molecular complexity index is 771. The summed E-state index contributed by atoms with van der Waals surface area (Å²) in [5.41, 5.74) is 0.749. The molecule has 0 aromatic heterocycles. The number of hydrogen-bond donors (Lipinski definition) is 2. The van der Waals surface area contributed by atoms with Gasteiger partial charge in [-0.25, -0.2) is 21.6 Å². The summed E-state index contributed by atoms with van der Waals surface area (Å²) in [5.74, 6) is -0.466. The van der Waals surface area contributed by atoms with Crippen LogP contribution in [-0.2, 0) is 24.6 Å². The van der Waals surface area contributed by atoms with Gasteiger partial charge in [0.1, 0.15) is 0 Å². The Kier molecular flexibility index (Phi) is 5.15. The minimum absolute atomic E-state index is 0.0974. The fourth-order valence-electron chi connectivity index (χ4n) is 2.16. The van der Waals surface area contributed by atoms with Crippen molar-refractivity contribution in [2.75, 3.05) is 28.2 Å². The highest BCUT2D eigenvalue weighted by Crippen LogP contribution is 2.22. The summed E-state index contributed by atoms with van der Waals surface area (Å²) in [5, 5.41) is 1.54. The number of anilines is 2. The van der Waals surface area contributed by atoms with Crippen LogP contribution in [-0.4, -0.2) is 46.3 Å². The lowest BCUT2D eigenvalue weighted by atomic mass is 10.3. The van der Waals surface area contributed by atoms with E-state index < -0.39 is 31.2 Å². The van der Waals surface area contributed by atoms with E-state index in [2.05, 4.69) is 10.0 Å². The van der Waals surface area contributed by atoms with Crippen LogP contribution in [0.3, 0.4) is 0 Å². The lowest BCUT2D eigenvalue weighted by molar-refractivity contribution is 0.168. The van der Waals surface area contributed by atoms with E-state index in [0.717, 1.165) is 0 Å². The number of amides is 1. The van der Waals surface area contributed by atoms with Gasteiger partial charge in [0.2, 0.25) is 10.0 Å². The minimum Gasteiger partial charge on any atom is -0.450 e. The Hall–Kier alpha value is -1.81. The van der Waals surface area contributed by atoms with Crippen molar-refractivity contribution >= 4 is 37.3 Å². The second kappa shape index (κ2) is 6.75. The molecule has 0 radical (unpaired) electrons. The van der Waals surface area contributed by atoms with Crippen LogP contribution in [0.5, 0.6) is 0 Å². The summed E-state index contributed by atoms with van der Waals surface area (Å²) in [4.78, 5) is 11.3. The largest absolute Gasteiger partial charge is 0.450 e. The second-order valence-electron chi connectivity index (χ2n) is 5.09. The van der Waals surface area contributed by atoms with Gasteiger partial charge in [-0.1, -0.05) is 0 Å². The zero-order valence-corrected chi connectivity index (χ0v) is 14.1. The molecule has 1 aliphatic heterocycles. The van der Waals surface area contributed by atoms with Gasteiger partial charge in [-0.2, -0.15) is 0 Å². The molecule has 1 aliphatic rings. The highest BCUT2D eigenvalue weighted by molar-refractivity contribution is 7.97. The van der Waals surface area contributed by atoms with Crippen molar-refractivity contribution in [2.45, 2.75) is 18.6 Å². The van der Waals surface area contributed by atoms with Crippen LogP contribution in [0.2, 0.25) is 0 Å². The molecule has 23 heavy (non-hydrogen) atoms. The maximum atomic E-state index is 12.2. The molecule has 0 spiro atoms. The van der Waals surface area contributed by atoms with Crippen molar-refractivity contribution in [3.05, 3.63) is 24.3 Å². The van der Waals surface area contributed by atoms with Crippen LogP contribution in [0, 0.1) is 0 Å². The molecule has 128 valence electrons. The lowest BCUT2D eigenvalue weighted by Gasteiger charge is -2.13. The third kappa shape index (κ3) is 4.83. The molecule has 2 rings (SSSR count). The van der Waals surface area contributed by atoms with Gasteiger partial charge in [0.15, 0.2) is 9.84 Å². The average Bonchev–Trinajstić information content (AvgIpc) is 2.82. The Morgan fingerprint density at radius 3 is 2.39 bits per heavy atom. The summed E-state index contributed by atoms with van der Waals surface area (Å²) in [7, 11) is -7.05.